The Kier molecular flexibility index (Phi) is 6.54. The summed E-state index contributed by atoms with van der Waals surface area (Å²) in [7, 11) is 0. The third kappa shape index (κ3) is 4.67. The number of carbonyl (C=O) groups is 1. The average molecular weight is 335 g/mol. The highest BCUT2D eigenvalue weighted by atomic mass is 16.6. The number of nitrogens with one attached hydrogen (secondary N) is 1. The minimum Gasteiger partial charge on any atom is -0.396 e. The Morgan fingerprint density at radius 2 is 2.08 bits per heavy atom. The topological polar surface area (TPSA) is 95.7 Å². The second-order valence-corrected chi connectivity index (χ2v) is 6.25. The van der Waals surface area contributed by atoms with Crippen LogP contribution in [0.2, 0.25) is 0 Å². The SMILES string of the molecule is CC(CCCO)NC(=O)c1cc([N+](=O)[O-])ccc1N1CCCCC1. The van der Waals surface area contributed by atoms with Crippen LogP contribution in [-0.2, 0) is 0 Å². The largest absolute Gasteiger partial charge is 0.396 e. The maximum absolute atomic E-state index is 12.6. The molecule has 1 amide bonds. The molecule has 132 valence electrons. The molecule has 24 heavy (non-hydrogen) atoms. The van der Waals surface area contributed by atoms with Crippen LogP contribution in [0.5, 0.6) is 0 Å². The number of carbonyl (C=O) groups excluding carboxylic acids is 1. The van der Waals surface area contributed by atoms with E-state index in [-0.39, 0.29) is 24.2 Å². The smallest absolute Gasteiger partial charge is 0.270 e. The molecule has 7 nitrogen and oxygen atoms in total. The lowest BCUT2D eigenvalue weighted by molar-refractivity contribution is -0.384. The summed E-state index contributed by atoms with van der Waals surface area (Å²) in [6.07, 6.45) is 4.56. The molecule has 1 aromatic carbocycles. The van der Waals surface area contributed by atoms with Gasteiger partial charge >= 0.3 is 0 Å². The molecule has 0 saturated carbocycles. The van der Waals surface area contributed by atoms with E-state index < -0.39 is 4.92 Å². The Morgan fingerprint density at radius 1 is 1.38 bits per heavy atom. The lowest BCUT2D eigenvalue weighted by atomic mass is 10.1. The van der Waals surface area contributed by atoms with E-state index in [4.69, 9.17) is 5.11 Å². The molecule has 1 heterocycles. The number of nitro groups is 1. The zero-order valence-electron chi connectivity index (χ0n) is 14.0. The summed E-state index contributed by atoms with van der Waals surface area (Å²) in [5.74, 6) is -0.301. The van der Waals surface area contributed by atoms with Crippen LogP contribution in [0.25, 0.3) is 0 Å². The second-order valence-electron chi connectivity index (χ2n) is 6.25. The predicted octanol–water partition coefficient (Wildman–Crippen LogP) is 2.48. The Balaban J connectivity index is 2.24. The first-order valence-electron chi connectivity index (χ1n) is 8.48. The molecule has 1 atom stereocenters. The Labute approximate surface area is 141 Å². The average Bonchev–Trinajstić information content (AvgIpc) is 2.60. The molecule has 0 bridgehead atoms. The van der Waals surface area contributed by atoms with Gasteiger partial charge in [0, 0.05) is 37.9 Å². The molecule has 1 aliphatic rings. The molecule has 0 radical (unpaired) electrons. The fourth-order valence-electron chi connectivity index (χ4n) is 3.00. The molecule has 2 rings (SSSR count). The number of hydrogen-bond acceptors (Lipinski definition) is 5. The molecule has 0 aliphatic carbocycles. The first kappa shape index (κ1) is 18.2. The van der Waals surface area contributed by atoms with Crippen LogP contribution in [0.4, 0.5) is 11.4 Å². The summed E-state index contributed by atoms with van der Waals surface area (Å²) in [6.45, 7) is 3.66. The number of anilines is 1. The van der Waals surface area contributed by atoms with Gasteiger partial charge in [0.15, 0.2) is 0 Å². The van der Waals surface area contributed by atoms with Crippen molar-refractivity contribution in [3.05, 3.63) is 33.9 Å². The molecule has 0 aromatic heterocycles. The zero-order valence-corrected chi connectivity index (χ0v) is 14.0. The Hall–Kier alpha value is -2.15. The highest BCUT2D eigenvalue weighted by Gasteiger charge is 2.22. The van der Waals surface area contributed by atoms with E-state index in [1.54, 1.807) is 6.07 Å². The molecule has 1 aliphatic heterocycles. The van der Waals surface area contributed by atoms with Crippen molar-refractivity contribution in [2.45, 2.75) is 45.1 Å². The van der Waals surface area contributed by atoms with Gasteiger partial charge in [-0.25, -0.2) is 0 Å². The quantitative estimate of drug-likeness (QED) is 0.589. The van der Waals surface area contributed by atoms with Crippen molar-refractivity contribution in [2.24, 2.45) is 0 Å². The summed E-state index contributed by atoms with van der Waals surface area (Å²) in [6, 6.07) is 4.39. The number of nitro benzene ring substituents is 1. The second kappa shape index (κ2) is 8.63. The van der Waals surface area contributed by atoms with Crippen molar-refractivity contribution >= 4 is 17.3 Å². The normalized spacial score (nSPS) is 15.8. The number of hydrogen-bond donors (Lipinski definition) is 2. The van der Waals surface area contributed by atoms with Crippen molar-refractivity contribution in [3.8, 4) is 0 Å². The minimum absolute atomic E-state index is 0.0794. The highest BCUT2D eigenvalue weighted by molar-refractivity contribution is 6.00. The summed E-state index contributed by atoms with van der Waals surface area (Å²) >= 11 is 0. The lowest BCUT2D eigenvalue weighted by Crippen LogP contribution is -2.36. The fraction of sp³-hybridized carbons (Fsp3) is 0.588. The number of aliphatic hydroxyl groups excluding tert-OH is 1. The van der Waals surface area contributed by atoms with Crippen LogP contribution >= 0.6 is 0 Å². The van der Waals surface area contributed by atoms with Crippen molar-refractivity contribution in [2.75, 3.05) is 24.6 Å². The number of rotatable bonds is 7. The molecular weight excluding hydrogens is 310 g/mol. The van der Waals surface area contributed by atoms with Gasteiger partial charge in [0.05, 0.1) is 16.2 Å². The number of non-ortho nitro benzene ring substituents is 1. The summed E-state index contributed by atoms with van der Waals surface area (Å²) < 4.78 is 0. The molecule has 1 fully saturated rings. The van der Waals surface area contributed by atoms with Crippen LogP contribution in [0.15, 0.2) is 18.2 Å². The van der Waals surface area contributed by atoms with Gasteiger partial charge in [0.25, 0.3) is 11.6 Å². The maximum Gasteiger partial charge on any atom is 0.270 e. The van der Waals surface area contributed by atoms with Gasteiger partial charge in [0.2, 0.25) is 0 Å². The van der Waals surface area contributed by atoms with E-state index in [9.17, 15) is 14.9 Å². The molecule has 2 N–H and O–H groups in total. The molecule has 1 saturated heterocycles. The summed E-state index contributed by atoms with van der Waals surface area (Å²) in [4.78, 5) is 25.3. The van der Waals surface area contributed by atoms with E-state index in [0.29, 0.717) is 18.4 Å². The van der Waals surface area contributed by atoms with E-state index in [1.807, 2.05) is 6.92 Å². The molecule has 1 aromatic rings. The van der Waals surface area contributed by atoms with Crippen LogP contribution in [-0.4, -0.2) is 41.7 Å². The molecule has 7 heteroatoms. The third-order valence-electron chi connectivity index (χ3n) is 4.31. The van der Waals surface area contributed by atoms with Crippen molar-refractivity contribution in [1.82, 2.24) is 5.32 Å². The number of nitrogens with zero attached hydrogens (tertiary/aromatic N) is 2. The van der Waals surface area contributed by atoms with Gasteiger partial charge < -0.3 is 15.3 Å². The van der Waals surface area contributed by atoms with E-state index in [2.05, 4.69) is 10.2 Å². The number of piperidine rings is 1. The van der Waals surface area contributed by atoms with Gasteiger partial charge in [-0.15, -0.1) is 0 Å². The monoisotopic (exact) mass is 335 g/mol. The standard InChI is InChI=1S/C17H25N3O4/c1-13(6-5-11-21)18-17(22)15-12-14(20(23)24)7-8-16(15)19-9-3-2-4-10-19/h7-8,12-13,21H,2-6,9-11H2,1H3,(H,18,22). The van der Waals surface area contributed by atoms with E-state index >= 15 is 0 Å². The van der Waals surface area contributed by atoms with Crippen molar-refractivity contribution in [1.29, 1.82) is 0 Å². The molecule has 0 spiro atoms. The van der Waals surface area contributed by atoms with Crippen LogP contribution < -0.4 is 10.2 Å². The van der Waals surface area contributed by atoms with Gasteiger partial charge in [-0.1, -0.05) is 0 Å². The van der Waals surface area contributed by atoms with Crippen LogP contribution in [0.3, 0.4) is 0 Å². The molecular formula is C17H25N3O4. The van der Waals surface area contributed by atoms with Crippen molar-refractivity contribution in [3.63, 3.8) is 0 Å². The first-order chi connectivity index (χ1) is 11.5. The maximum atomic E-state index is 12.6. The van der Waals surface area contributed by atoms with Gasteiger partial charge in [-0.2, -0.15) is 0 Å². The van der Waals surface area contributed by atoms with Crippen LogP contribution in [0, 0.1) is 10.1 Å². The van der Waals surface area contributed by atoms with Gasteiger partial charge in [-0.3, -0.25) is 14.9 Å². The van der Waals surface area contributed by atoms with Crippen LogP contribution in [0.1, 0.15) is 49.4 Å². The fourth-order valence-corrected chi connectivity index (χ4v) is 3.00. The van der Waals surface area contributed by atoms with Gasteiger partial charge in [0.1, 0.15) is 0 Å². The third-order valence-corrected chi connectivity index (χ3v) is 4.31. The summed E-state index contributed by atoms with van der Waals surface area (Å²) in [5.41, 5.74) is 1.03. The zero-order chi connectivity index (χ0) is 17.5. The van der Waals surface area contributed by atoms with E-state index in [0.717, 1.165) is 31.6 Å². The van der Waals surface area contributed by atoms with Crippen molar-refractivity contribution < 1.29 is 14.8 Å². The molecule has 1 unspecified atom stereocenters. The number of amides is 1. The highest BCUT2D eigenvalue weighted by Crippen LogP contribution is 2.28. The van der Waals surface area contributed by atoms with Gasteiger partial charge in [-0.05, 0) is 45.1 Å². The number of aliphatic hydroxyl groups is 1. The lowest BCUT2D eigenvalue weighted by Gasteiger charge is -2.30. The van der Waals surface area contributed by atoms with E-state index in [1.165, 1.54) is 18.6 Å². The Morgan fingerprint density at radius 3 is 2.71 bits per heavy atom. The summed E-state index contributed by atoms with van der Waals surface area (Å²) in [5, 5.41) is 22.8. The Bertz CT molecular complexity index is 585. The minimum atomic E-state index is -0.480. The predicted molar refractivity (Wildman–Crippen MR) is 92.4 cm³/mol. The number of benzene rings is 1. The first-order valence-corrected chi connectivity index (χ1v) is 8.48.